The van der Waals surface area contributed by atoms with Crippen molar-refractivity contribution < 1.29 is 14.6 Å². The summed E-state index contributed by atoms with van der Waals surface area (Å²) >= 11 is 5.46. The van der Waals surface area contributed by atoms with E-state index in [2.05, 4.69) is 10.1 Å². The van der Waals surface area contributed by atoms with Gasteiger partial charge in [0.25, 0.3) is 0 Å². The van der Waals surface area contributed by atoms with Crippen LogP contribution in [0.5, 0.6) is 0 Å². The first kappa shape index (κ1) is 12.8. The molecule has 88 valence electrons. The van der Waals surface area contributed by atoms with Gasteiger partial charge >= 0.3 is 5.97 Å². The molecule has 2 N–H and O–H groups in total. The van der Waals surface area contributed by atoms with Crippen LogP contribution in [0.3, 0.4) is 0 Å². The second-order valence-corrected chi connectivity index (χ2v) is 3.57. The van der Waals surface area contributed by atoms with Gasteiger partial charge in [-0.2, -0.15) is 0 Å². The zero-order valence-corrected chi connectivity index (χ0v) is 9.70. The average molecular weight is 244 g/mol. The van der Waals surface area contributed by atoms with Crippen LogP contribution in [0.4, 0.5) is 5.69 Å². The third-order valence-electron chi connectivity index (χ3n) is 2.00. The molecule has 0 aliphatic heterocycles. The van der Waals surface area contributed by atoms with E-state index in [1.54, 1.807) is 24.3 Å². The van der Waals surface area contributed by atoms with E-state index >= 15 is 0 Å². The minimum absolute atomic E-state index is 0.170. The smallest absolute Gasteiger partial charge is 0.337 e. The zero-order valence-electron chi connectivity index (χ0n) is 8.94. The third kappa shape index (κ3) is 3.72. The van der Waals surface area contributed by atoms with E-state index in [-0.39, 0.29) is 11.8 Å². The van der Waals surface area contributed by atoms with Crippen LogP contribution in [0.15, 0.2) is 24.3 Å². The third-order valence-corrected chi connectivity index (χ3v) is 2.36. The van der Waals surface area contributed by atoms with Gasteiger partial charge in [-0.1, -0.05) is 6.07 Å². The van der Waals surface area contributed by atoms with E-state index in [4.69, 9.17) is 11.6 Å². The lowest BCUT2D eigenvalue weighted by Gasteiger charge is -2.10. The van der Waals surface area contributed by atoms with Crippen LogP contribution in [0.2, 0.25) is 0 Å². The Morgan fingerprint density at radius 2 is 2.38 bits per heavy atom. The molecular formula is C11H14ClNO3. The highest BCUT2D eigenvalue weighted by Gasteiger charge is 2.06. The predicted octanol–water partition coefficient (Wildman–Crippen LogP) is 1.48. The summed E-state index contributed by atoms with van der Waals surface area (Å²) in [4.78, 5) is 11.2. The molecule has 1 aromatic carbocycles. The molecule has 0 aliphatic carbocycles. The Morgan fingerprint density at radius 3 is 3.00 bits per heavy atom. The topological polar surface area (TPSA) is 58.6 Å². The van der Waals surface area contributed by atoms with Gasteiger partial charge in [-0.3, -0.25) is 0 Å². The Labute approximate surface area is 99.2 Å². The number of anilines is 1. The Kier molecular flexibility index (Phi) is 5.08. The summed E-state index contributed by atoms with van der Waals surface area (Å²) in [6, 6.07) is 6.86. The lowest BCUT2D eigenvalue weighted by molar-refractivity contribution is 0.0601. The molecule has 0 bridgehead atoms. The maximum absolute atomic E-state index is 11.2. The van der Waals surface area contributed by atoms with Crippen molar-refractivity contribution in [3.05, 3.63) is 29.8 Å². The van der Waals surface area contributed by atoms with Crippen molar-refractivity contribution >= 4 is 23.3 Å². The number of ether oxygens (including phenoxy) is 1. The fourth-order valence-corrected chi connectivity index (χ4v) is 1.27. The quantitative estimate of drug-likeness (QED) is 0.608. The number of nitrogens with one attached hydrogen (secondary N) is 1. The van der Waals surface area contributed by atoms with Gasteiger partial charge in [0.1, 0.15) is 0 Å². The molecule has 0 fully saturated rings. The van der Waals surface area contributed by atoms with E-state index in [1.165, 1.54) is 7.11 Å². The van der Waals surface area contributed by atoms with E-state index in [0.29, 0.717) is 12.1 Å². The fraction of sp³-hybridized carbons (Fsp3) is 0.364. The minimum Gasteiger partial charge on any atom is -0.465 e. The molecule has 0 spiro atoms. The van der Waals surface area contributed by atoms with Gasteiger partial charge in [-0.15, -0.1) is 11.6 Å². The van der Waals surface area contributed by atoms with Gasteiger partial charge in [-0.05, 0) is 18.2 Å². The monoisotopic (exact) mass is 243 g/mol. The van der Waals surface area contributed by atoms with E-state index < -0.39 is 6.10 Å². The molecule has 0 aromatic heterocycles. The molecule has 1 aromatic rings. The molecule has 0 amide bonds. The minimum atomic E-state index is -0.608. The van der Waals surface area contributed by atoms with Crippen LogP contribution >= 0.6 is 11.6 Å². The van der Waals surface area contributed by atoms with Crippen LogP contribution in [0.25, 0.3) is 0 Å². The highest BCUT2D eigenvalue weighted by Crippen LogP contribution is 2.11. The highest BCUT2D eigenvalue weighted by molar-refractivity contribution is 6.18. The Hall–Kier alpha value is -1.26. The summed E-state index contributed by atoms with van der Waals surface area (Å²) in [6.07, 6.45) is -0.608. The summed E-state index contributed by atoms with van der Waals surface area (Å²) in [5.74, 6) is -0.217. The van der Waals surface area contributed by atoms with Crippen molar-refractivity contribution in [3.63, 3.8) is 0 Å². The van der Waals surface area contributed by atoms with Crippen LogP contribution in [0, 0.1) is 0 Å². The summed E-state index contributed by atoms with van der Waals surface area (Å²) in [5.41, 5.74) is 1.21. The number of aliphatic hydroxyl groups excluding tert-OH is 1. The van der Waals surface area contributed by atoms with Gasteiger partial charge in [0, 0.05) is 12.2 Å². The van der Waals surface area contributed by atoms with Crippen molar-refractivity contribution in [2.45, 2.75) is 6.10 Å². The lowest BCUT2D eigenvalue weighted by Crippen LogP contribution is -2.20. The van der Waals surface area contributed by atoms with Crippen molar-refractivity contribution in [3.8, 4) is 0 Å². The van der Waals surface area contributed by atoms with Crippen LogP contribution in [-0.4, -0.2) is 36.7 Å². The predicted molar refractivity (Wildman–Crippen MR) is 63.0 cm³/mol. The van der Waals surface area contributed by atoms with Gasteiger partial charge in [0.05, 0.1) is 24.7 Å². The number of rotatable bonds is 5. The molecule has 16 heavy (non-hydrogen) atoms. The number of alkyl halides is 1. The molecule has 0 saturated heterocycles. The van der Waals surface area contributed by atoms with Gasteiger partial charge in [0.2, 0.25) is 0 Å². The lowest BCUT2D eigenvalue weighted by atomic mass is 10.2. The molecular weight excluding hydrogens is 230 g/mol. The number of carbonyl (C=O) groups excluding carboxylic acids is 1. The number of esters is 1. The number of hydrogen-bond acceptors (Lipinski definition) is 4. The van der Waals surface area contributed by atoms with Crippen molar-refractivity contribution in [2.24, 2.45) is 0 Å². The van der Waals surface area contributed by atoms with Gasteiger partial charge < -0.3 is 15.2 Å². The van der Waals surface area contributed by atoms with Crippen LogP contribution in [0.1, 0.15) is 10.4 Å². The van der Waals surface area contributed by atoms with Crippen molar-refractivity contribution in [2.75, 3.05) is 24.9 Å². The molecule has 4 nitrogen and oxygen atoms in total. The number of carbonyl (C=O) groups is 1. The summed E-state index contributed by atoms with van der Waals surface area (Å²) < 4.78 is 4.60. The Morgan fingerprint density at radius 1 is 1.62 bits per heavy atom. The van der Waals surface area contributed by atoms with Crippen molar-refractivity contribution in [1.82, 2.24) is 0 Å². The molecule has 0 radical (unpaired) electrons. The SMILES string of the molecule is COC(=O)c1cccc(NCC(O)CCl)c1. The summed E-state index contributed by atoms with van der Waals surface area (Å²) in [5, 5.41) is 12.2. The standard InChI is InChI=1S/C11H14ClNO3/c1-16-11(15)8-3-2-4-9(5-8)13-7-10(14)6-12/h2-5,10,13-14H,6-7H2,1H3. The second-order valence-electron chi connectivity index (χ2n) is 3.26. The Balaban J connectivity index is 2.64. The number of aliphatic hydroxyl groups is 1. The van der Waals surface area contributed by atoms with E-state index in [1.807, 2.05) is 0 Å². The Bertz CT molecular complexity index is 357. The van der Waals surface area contributed by atoms with Crippen molar-refractivity contribution in [1.29, 1.82) is 0 Å². The van der Waals surface area contributed by atoms with Gasteiger partial charge in [-0.25, -0.2) is 4.79 Å². The highest BCUT2D eigenvalue weighted by atomic mass is 35.5. The van der Waals surface area contributed by atoms with Crippen LogP contribution in [-0.2, 0) is 4.74 Å². The summed E-state index contributed by atoms with van der Waals surface area (Å²) in [7, 11) is 1.33. The number of hydrogen-bond donors (Lipinski definition) is 2. The van der Waals surface area contributed by atoms with Crippen LogP contribution < -0.4 is 5.32 Å². The second kappa shape index (κ2) is 6.35. The number of halogens is 1. The average Bonchev–Trinajstić information content (AvgIpc) is 2.35. The van der Waals surface area contributed by atoms with E-state index in [0.717, 1.165) is 5.69 Å². The molecule has 5 heteroatoms. The maximum Gasteiger partial charge on any atom is 0.337 e. The molecule has 1 atom stereocenters. The maximum atomic E-state index is 11.2. The normalized spacial score (nSPS) is 11.9. The molecule has 0 heterocycles. The number of benzene rings is 1. The molecule has 1 unspecified atom stereocenters. The first-order chi connectivity index (χ1) is 7.67. The summed E-state index contributed by atoms with van der Waals surface area (Å²) in [6.45, 7) is 0.341. The largest absolute Gasteiger partial charge is 0.465 e. The fourth-order valence-electron chi connectivity index (χ4n) is 1.16. The first-order valence-electron chi connectivity index (χ1n) is 4.83. The molecule has 0 aliphatic rings. The number of methoxy groups -OCH3 is 1. The zero-order chi connectivity index (χ0) is 12.0. The first-order valence-corrected chi connectivity index (χ1v) is 5.37. The molecule has 1 rings (SSSR count). The van der Waals surface area contributed by atoms with E-state index in [9.17, 15) is 9.90 Å². The van der Waals surface area contributed by atoms with Gasteiger partial charge in [0.15, 0.2) is 0 Å². The molecule has 0 saturated carbocycles.